The number of nitrogens with one attached hydrogen (secondary N) is 2. The Bertz CT molecular complexity index is 803. The van der Waals surface area contributed by atoms with Crippen LogP contribution in [0.1, 0.15) is 29.3 Å². The van der Waals surface area contributed by atoms with Crippen LogP contribution >= 0.6 is 0 Å². The van der Waals surface area contributed by atoms with Crippen LogP contribution < -0.4 is 10.6 Å². The predicted molar refractivity (Wildman–Crippen MR) is 97.0 cm³/mol. The summed E-state index contributed by atoms with van der Waals surface area (Å²) < 4.78 is 1.40. The molecule has 0 aliphatic heterocycles. The normalized spacial score (nSPS) is 10.6. The summed E-state index contributed by atoms with van der Waals surface area (Å²) in [5.74, 6) is -0.0436. The Hall–Kier alpha value is -2.90. The van der Waals surface area contributed by atoms with Crippen LogP contribution in [0.5, 0.6) is 0 Å². The van der Waals surface area contributed by atoms with Gasteiger partial charge in [-0.05, 0) is 38.3 Å². The number of nitro groups is 1. The number of aromatic nitrogens is 2. The van der Waals surface area contributed by atoms with Crippen LogP contribution in [0.3, 0.4) is 0 Å². The molecule has 1 aromatic heterocycles. The molecule has 0 atom stereocenters. The van der Waals surface area contributed by atoms with Gasteiger partial charge in [-0.2, -0.15) is 5.10 Å². The fourth-order valence-corrected chi connectivity index (χ4v) is 2.92. The highest BCUT2D eigenvalue weighted by Crippen LogP contribution is 2.28. The molecule has 134 valence electrons. The number of carbonyl (C=O) groups excluding carboxylic acids is 1. The van der Waals surface area contributed by atoms with E-state index in [4.69, 9.17) is 0 Å². The van der Waals surface area contributed by atoms with Gasteiger partial charge in [0.05, 0.1) is 11.5 Å². The summed E-state index contributed by atoms with van der Waals surface area (Å²) in [6.45, 7) is 7.58. The predicted octanol–water partition coefficient (Wildman–Crippen LogP) is 2.87. The highest BCUT2D eigenvalue weighted by atomic mass is 16.6. The highest BCUT2D eigenvalue weighted by molar-refractivity contribution is 5.95. The number of hydrogen-bond acceptors (Lipinski definition) is 5. The molecule has 25 heavy (non-hydrogen) atoms. The lowest BCUT2D eigenvalue weighted by atomic mass is 10.1. The molecule has 1 heterocycles. The van der Waals surface area contributed by atoms with Crippen molar-refractivity contribution in [2.24, 2.45) is 7.05 Å². The van der Waals surface area contributed by atoms with Crippen molar-refractivity contribution >= 4 is 23.1 Å². The van der Waals surface area contributed by atoms with Gasteiger partial charge in [-0.25, -0.2) is 4.68 Å². The lowest BCUT2D eigenvalue weighted by molar-refractivity contribution is -0.384. The molecule has 0 unspecified atom stereocenters. The molecule has 8 nitrogen and oxygen atoms in total. The minimum atomic E-state index is -0.472. The van der Waals surface area contributed by atoms with Crippen LogP contribution in [0, 0.1) is 30.9 Å². The second-order valence-corrected chi connectivity index (χ2v) is 6.05. The molecular weight excluding hydrogens is 322 g/mol. The van der Waals surface area contributed by atoms with Gasteiger partial charge in [-0.1, -0.05) is 24.6 Å². The maximum Gasteiger partial charge on any atom is 0.333 e. The Labute approximate surface area is 146 Å². The molecule has 8 heteroatoms. The summed E-state index contributed by atoms with van der Waals surface area (Å²) in [7, 11) is 1.61. The van der Waals surface area contributed by atoms with Crippen molar-refractivity contribution in [3.8, 4) is 0 Å². The first kappa shape index (κ1) is 18.4. The fourth-order valence-electron chi connectivity index (χ4n) is 2.92. The van der Waals surface area contributed by atoms with Crippen LogP contribution in [0.25, 0.3) is 0 Å². The van der Waals surface area contributed by atoms with E-state index in [1.165, 1.54) is 4.68 Å². The first-order chi connectivity index (χ1) is 11.7. The molecule has 0 aliphatic carbocycles. The monoisotopic (exact) mass is 345 g/mol. The standard InChI is InChI=1S/C17H23N5O3/c1-6-13-16(22(24)25)17(21(5)20-13)18-9-14(23)19-15-11(3)7-10(2)8-12(15)4/h7-8,18H,6,9H2,1-5H3,(H,19,23). The third-order valence-electron chi connectivity index (χ3n) is 3.97. The Morgan fingerprint density at radius 2 is 1.88 bits per heavy atom. The van der Waals surface area contributed by atoms with Crippen molar-refractivity contribution in [1.82, 2.24) is 9.78 Å². The average Bonchev–Trinajstić information content (AvgIpc) is 2.84. The summed E-state index contributed by atoms with van der Waals surface area (Å²) >= 11 is 0. The Morgan fingerprint density at radius 1 is 1.28 bits per heavy atom. The molecular formula is C17H23N5O3. The highest BCUT2D eigenvalue weighted by Gasteiger charge is 2.25. The van der Waals surface area contributed by atoms with Gasteiger partial charge in [0.15, 0.2) is 0 Å². The molecule has 2 rings (SSSR count). The number of hydrogen-bond donors (Lipinski definition) is 2. The number of benzene rings is 1. The third-order valence-corrected chi connectivity index (χ3v) is 3.97. The van der Waals surface area contributed by atoms with Gasteiger partial charge in [0.2, 0.25) is 11.7 Å². The Kier molecular flexibility index (Phi) is 5.41. The van der Waals surface area contributed by atoms with E-state index in [2.05, 4.69) is 15.7 Å². The lowest BCUT2D eigenvalue weighted by Crippen LogP contribution is -2.24. The lowest BCUT2D eigenvalue weighted by Gasteiger charge is -2.13. The molecule has 0 radical (unpaired) electrons. The molecule has 1 amide bonds. The van der Waals surface area contributed by atoms with Crippen LogP contribution in [0.15, 0.2) is 12.1 Å². The first-order valence-electron chi connectivity index (χ1n) is 8.06. The van der Waals surface area contributed by atoms with E-state index in [-0.39, 0.29) is 24.0 Å². The van der Waals surface area contributed by atoms with Crippen LogP contribution in [-0.4, -0.2) is 27.2 Å². The van der Waals surface area contributed by atoms with Gasteiger partial charge in [-0.15, -0.1) is 0 Å². The van der Waals surface area contributed by atoms with Crippen molar-refractivity contribution in [2.75, 3.05) is 17.2 Å². The molecule has 0 aliphatic rings. The van der Waals surface area contributed by atoms with Crippen molar-refractivity contribution in [1.29, 1.82) is 0 Å². The number of amides is 1. The molecule has 0 bridgehead atoms. The SMILES string of the molecule is CCc1nn(C)c(NCC(=O)Nc2c(C)cc(C)cc2C)c1[N+](=O)[O-]. The van der Waals surface area contributed by atoms with Gasteiger partial charge in [0, 0.05) is 12.7 Å². The topological polar surface area (TPSA) is 102 Å². The van der Waals surface area contributed by atoms with Gasteiger partial charge in [0.25, 0.3) is 0 Å². The van der Waals surface area contributed by atoms with Crippen molar-refractivity contribution in [2.45, 2.75) is 34.1 Å². The number of carbonyl (C=O) groups is 1. The summed E-state index contributed by atoms with van der Waals surface area (Å²) in [5.41, 5.74) is 4.16. The zero-order chi connectivity index (χ0) is 18.7. The van der Waals surface area contributed by atoms with E-state index < -0.39 is 4.92 Å². The second kappa shape index (κ2) is 7.33. The van der Waals surface area contributed by atoms with Crippen molar-refractivity contribution in [3.05, 3.63) is 44.6 Å². The smallest absolute Gasteiger partial charge is 0.333 e. The molecule has 0 spiro atoms. The van der Waals surface area contributed by atoms with Gasteiger partial charge < -0.3 is 10.6 Å². The Morgan fingerprint density at radius 3 is 2.40 bits per heavy atom. The molecule has 0 saturated carbocycles. The van der Waals surface area contributed by atoms with E-state index >= 15 is 0 Å². The van der Waals surface area contributed by atoms with Crippen molar-refractivity contribution in [3.63, 3.8) is 0 Å². The number of nitrogens with zero attached hydrogens (tertiary/aromatic N) is 3. The quantitative estimate of drug-likeness (QED) is 0.619. The zero-order valence-corrected chi connectivity index (χ0v) is 15.1. The van der Waals surface area contributed by atoms with Crippen LogP contribution in [0.4, 0.5) is 17.2 Å². The molecule has 0 fully saturated rings. The molecule has 1 aromatic carbocycles. The summed E-state index contributed by atoms with van der Waals surface area (Å²) in [6.07, 6.45) is 0.444. The average molecular weight is 345 g/mol. The van der Waals surface area contributed by atoms with E-state index in [0.29, 0.717) is 12.1 Å². The molecule has 2 N–H and O–H groups in total. The summed E-state index contributed by atoms with van der Waals surface area (Å²) in [4.78, 5) is 23.1. The first-order valence-corrected chi connectivity index (χ1v) is 8.06. The minimum Gasteiger partial charge on any atom is -0.355 e. The largest absolute Gasteiger partial charge is 0.355 e. The number of aryl methyl sites for hydroxylation is 5. The van der Waals surface area contributed by atoms with Gasteiger partial charge in [0.1, 0.15) is 5.69 Å². The number of rotatable bonds is 6. The fraction of sp³-hybridized carbons (Fsp3) is 0.412. The van der Waals surface area contributed by atoms with Crippen LogP contribution in [0.2, 0.25) is 0 Å². The van der Waals surface area contributed by atoms with E-state index in [0.717, 1.165) is 22.4 Å². The Balaban J connectivity index is 2.14. The van der Waals surface area contributed by atoms with E-state index in [1.807, 2.05) is 32.9 Å². The third kappa shape index (κ3) is 3.96. The van der Waals surface area contributed by atoms with Crippen molar-refractivity contribution < 1.29 is 9.72 Å². The van der Waals surface area contributed by atoms with Gasteiger partial charge in [-0.3, -0.25) is 14.9 Å². The van der Waals surface area contributed by atoms with Gasteiger partial charge >= 0.3 is 5.69 Å². The van der Waals surface area contributed by atoms with E-state index in [9.17, 15) is 14.9 Å². The van der Waals surface area contributed by atoms with E-state index in [1.54, 1.807) is 14.0 Å². The number of anilines is 2. The molecule has 0 saturated heterocycles. The minimum absolute atomic E-state index is 0.0829. The summed E-state index contributed by atoms with van der Waals surface area (Å²) in [6, 6.07) is 3.99. The second-order valence-electron chi connectivity index (χ2n) is 6.05. The zero-order valence-electron chi connectivity index (χ0n) is 15.1. The maximum atomic E-state index is 12.3. The maximum absolute atomic E-state index is 12.3. The molecule has 2 aromatic rings. The summed E-state index contributed by atoms with van der Waals surface area (Å²) in [5, 5.41) is 21.1. The van der Waals surface area contributed by atoms with Crippen LogP contribution in [-0.2, 0) is 18.3 Å².